The number of halogens is 1. The van der Waals surface area contributed by atoms with E-state index in [2.05, 4.69) is 10.4 Å². The van der Waals surface area contributed by atoms with E-state index in [0.717, 1.165) is 10.1 Å². The molecule has 0 saturated carbocycles. The standard InChI is InChI=1S/C23H25FN4O3/c1-14-11-27(12-15(2)31-14)21-9-8-17(10-20(21)24)25-22(29)13-28-23(30)19-7-5-4-6-18(19)16(3)26-28/h4-10,14-15H,11-13H2,1-3H3,(H,25,29). The molecule has 2 aromatic carbocycles. The molecule has 1 aliphatic rings. The maximum atomic E-state index is 14.8. The molecule has 1 aromatic heterocycles. The molecule has 31 heavy (non-hydrogen) atoms. The summed E-state index contributed by atoms with van der Waals surface area (Å²) in [5, 5.41) is 8.16. The first-order chi connectivity index (χ1) is 14.8. The number of aromatic nitrogens is 2. The third kappa shape index (κ3) is 4.44. The van der Waals surface area contributed by atoms with E-state index in [1.165, 1.54) is 6.07 Å². The van der Waals surface area contributed by atoms with E-state index in [9.17, 15) is 14.0 Å². The van der Waals surface area contributed by atoms with Crippen LogP contribution in [0.25, 0.3) is 10.8 Å². The number of anilines is 2. The number of carbonyl (C=O) groups is 1. The maximum Gasteiger partial charge on any atom is 0.275 e. The summed E-state index contributed by atoms with van der Waals surface area (Å²) in [6.07, 6.45) is 0.0255. The van der Waals surface area contributed by atoms with E-state index < -0.39 is 11.7 Å². The molecule has 2 heterocycles. The number of carbonyl (C=O) groups excluding carboxylic acids is 1. The predicted octanol–water partition coefficient (Wildman–Crippen LogP) is 3.10. The largest absolute Gasteiger partial charge is 0.372 e. The van der Waals surface area contributed by atoms with Crippen molar-refractivity contribution in [3.63, 3.8) is 0 Å². The fraction of sp³-hybridized carbons (Fsp3) is 0.348. The number of morpholine rings is 1. The van der Waals surface area contributed by atoms with E-state index in [1.54, 1.807) is 31.2 Å². The van der Waals surface area contributed by atoms with Gasteiger partial charge in [-0.3, -0.25) is 9.59 Å². The Hall–Kier alpha value is -3.26. The van der Waals surface area contributed by atoms with Crippen molar-refractivity contribution in [3.05, 3.63) is 64.3 Å². The summed E-state index contributed by atoms with van der Waals surface area (Å²) in [6.45, 7) is 6.65. The zero-order valence-corrected chi connectivity index (χ0v) is 17.8. The second kappa shape index (κ2) is 8.47. The van der Waals surface area contributed by atoms with Gasteiger partial charge in [0.1, 0.15) is 12.4 Å². The Balaban J connectivity index is 1.49. The summed E-state index contributed by atoms with van der Waals surface area (Å²) in [5.41, 5.74) is 1.12. The van der Waals surface area contributed by atoms with Gasteiger partial charge in [-0.05, 0) is 45.0 Å². The van der Waals surface area contributed by atoms with Gasteiger partial charge in [-0.1, -0.05) is 18.2 Å². The molecule has 0 bridgehead atoms. The molecule has 1 fully saturated rings. The van der Waals surface area contributed by atoms with Crippen LogP contribution in [0.1, 0.15) is 19.5 Å². The Bertz CT molecular complexity index is 1180. The van der Waals surface area contributed by atoms with E-state index >= 15 is 0 Å². The molecule has 1 aliphatic heterocycles. The van der Waals surface area contributed by atoms with Crippen molar-refractivity contribution in [2.75, 3.05) is 23.3 Å². The number of aryl methyl sites for hydroxylation is 1. The zero-order chi connectivity index (χ0) is 22.1. The number of benzene rings is 2. The van der Waals surface area contributed by atoms with Crippen LogP contribution >= 0.6 is 0 Å². The van der Waals surface area contributed by atoms with E-state index in [0.29, 0.717) is 35.5 Å². The first-order valence-electron chi connectivity index (χ1n) is 10.3. The highest BCUT2D eigenvalue weighted by molar-refractivity contribution is 5.91. The summed E-state index contributed by atoms with van der Waals surface area (Å²) in [4.78, 5) is 27.1. The van der Waals surface area contributed by atoms with Crippen LogP contribution in [-0.4, -0.2) is 41.0 Å². The number of fused-ring (bicyclic) bond motifs is 1. The van der Waals surface area contributed by atoms with E-state index in [-0.39, 0.29) is 24.3 Å². The molecule has 8 heteroatoms. The second-order valence-corrected chi connectivity index (χ2v) is 7.97. The quantitative estimate of drug-likeness (QED) is 0.697. The van der Waals surface area contributed by atoms with Gasteiger partial charge in [0.15, 0.2) is 0 Å². The highest BCUT2D eigenvalue weighted by atomic mass is 19.1. The number of ether oxygens (including phenoxy) is 1. The number of nitrogens with zero attached hydrogens (tertiary/aromatic N) is 3. The average molecular weight is 424 g/mol. The topological polar surface area (TPSA) is 76.5 Å². The van der Waals surface area contributed by atoms with Crippen LogP contribution in [0.2, 0.25) is 0 Å². The smallest absolute Gasteiger partial charge is 0.275 e. The molecule has 7 nitrogen and oxygen atoms in total. The van der Waals surface area contributed by atoms with Crippen molar-refractivity contribution in [2.24, 2.45) is 0 Å². The molecule has 0 spiro atoms. The summed E-state index contributed by atoms with van der Waals surface area (Å²) in [7, 11) is 0. The monoisotopic (exact) mass is 424 g/mol. The summed E-state index contributed by atoms with van der Waals surface area (Å²) in [6, 6.07) is 11.7. The van der Waals surface area contributed by atoms with Gasteiger partial charge in [0.2, 0.25) is 5.91 Å². The summed E-state index contributed by atoms with van der Waals surface area (Å²) in [5.74, 6) is -0.874. The molecule has 4 rings (SSSR count). The van der Waals surface area contributed by atoms with Gasteiger partial charge in [-0.15, -0.1) is 0 Å². The second-order valence-electron chi connectivity index (χ2n) is 7.97. The van der Waals surface area contributed by atoms with Gasteiger partial charge < -0.3 is 15.0 Å². The van der Waals surface area contributed by atoms with Crippen LogP contribution in [0.3, 0.4) is 0 Å². The van der Waals surface area contributed by atoms with Gasteiger partial charge in [-0.25, -0.2) is 9.07 Å². The molecular formula is C23H25FN4O3. The Morgan fingerprint density at radius 3 is 2.52 bits per heavy atom. The Kier molecular flexibility index (Phi) is 5.73. The van der Waals surface area contributed by atoms with Gasteiger partial charge in [0.05, 0.1) is 29.0 Å². The van der Waals surface area contributed by atoms with Crippen LogP contribution in [0.4, 0.5) is 15.8 Å². The number of hydrogen-bond donors (Lipinski definition) is 1. The first-order valence-corrected chi connectivity index (χ1v) is 10.3. The van der Waals surface area contributed by atoms with Crippen molar-refractivity contribution in [1.29, 1.82) is 0 Å². The fourth-order valence-corrected chi connectivity index (χ4v) is 4.06. The molecule has 0 radical (unpaired) electrons. The van der Waals surface area contributed by atoms with Crippen molar-refractivity contribution in [3.8, 4) is 0 Å². The molecule has 1 amide bonds. The lowest BCUT2D eigenvalue weighted by Crippen LogP contribution is -2.45. The molecule has 3 aromatic rings. The fourth-order valence-electron chi connectivity index (χ4n) is 4.06. The zero-order valence-electron chi connectivity index (χ0n) is 17.8. The molecule has 2 unspecified atom stereocenters. The third-order valence-electron chi connectivity index (χ3n) is 5.34. The summed E-state index contributed by atoms with van der Waals surface area (Å²) < 4.78 is 21.6. The van der Waals surface area contributed by atoms with E-state index in [1.807, 2.05) is 30.9 Å². The van der Waals surface area contributed by atoms with Gasteiger partial charge >= 0.3 is 0 Å². The Labute approximate surface area is 179 Å². The predicted molar refractivity (Wildman–Crippen MR) is 118 cm³/mol. The van der Waals surface area contributed by atoms with Crippen LogP contribution in [0.15, 0.2) is 47.3 Å². The van der Waals surface area contributed by atoms with Crippen molar-refractivity contribution in [1.82, 2.24) is 9.78 Å². The highest BCUT2D eigenvalue weighted by Crippen LogP contribution is 2.26. The van der Waals surface area contributed by atoms with Crippen LogP contribution in [0.5, 0.6) is 0 Å². The Morgan fingerprint density at radius 2 is 1.84 bits per heavy atom. The average Bonchev–Trinajstić information content (AvgIpc) is 2.71. The molecule has 1 saturated heterocycles. The first kappa shape index (κ1) is 21.0. The number of hydrogen-bond acceptors (Lipinski definition) is 5. The van der Waals surface area contributed by atoms with Crippen molar-refractivity contribution < 1.29 is 13.9 Å². The maximum absolute atomic E-state index is 14.8. The Morgan fingerprint density at radius 1 is 1.16 bits per heavy atom. The lowest BCUT2D eigenvalue weighted by molar-refractivity contribution is -0.117. The third-order valence-corrected chi connectivity index (χ3v) is 5.34. The van der Waals surface area contributed by atoms with Gasteiger partial charge in [0.25, 0.3) is 5.56 Å². The highest BCUT2D eigenvalue weighted by Gasteiger charge is 2.24. The van der Waals surface area contributed by atoms with Gasteiger partial charge in [0, 0.05) is 24.2 Å². The van der Waals surface area contributed by atoms with Crippen LogP contribution < -0.4 is 15.8 Å². The van der Waals surface area contributed by atoms with Crippen molar-refractivity contribution >= 4 is 28.1 Å². The van der Waals surface area contributed by atoms with Crippen LogP contribution in [-0.2, 0) is 16.1 Å². The SMILES string of the molecule is Cc1nn(CC(=O)Nc2ccc(N3CC(C)OC(C)C3)c(F)c2)c(=O)c2ccccc12. The molecular weight excluding hydrogens is 399 g/mol. The normalized spacial score (nSPS) is 18.9. The summed E-state index contributed by atoms with van der Waals surface area (Å²) >= 11 is 0. The minimum atomic E-state index is -0.454. The number of rotatable bonds is 4. The van der Waals surface area contributed by atoms with Crippen molar-refractivity contribution in [2.45, 2.75) is 39.5 Å². The molecule has 1 N–H and O–H groups in total. The lowest BCUT2D eigenvalue weighted by atomic mass is 10.1. The van der Waals surface area contributed by atoms with Gasteiger partial charge in [-0.2, -0.15) is 5.10 Å². The molecule has 162 valence electrons. The number of nitrogens with one attached hydrogen (secondary N) is 1. The lowest BCUT2D eigenvalue weighted by Gasteiger charge is -2.37. The van der Waals surface area contributed by atoms with E-state index in [4.69, 9.17) is 4.74 Å². The minimum Gasteiger partial charge on any atom is -0.372 e. The molecule has 0 aliphatic carbocycles. The van der Waals surface area contributed by atoms with Crippen LogP contribution in [0, 0.1) is 12.7 Å². The minimum absolute atomic E-state index is 0.0127. The molecule has 2 atom stereocenters. The number of amides is 1.